The van der Waals surface area contributed by atoms with Gasteiger partial charge in [-0.25, -0.2) is 9.19 Å². The summed E-state index contributed by atoms with van der Waals surface area (Å²) in [6.07, 6.45) is 1.46. The maximum Gasteiger partial charge on any atom is 0.265 e. The number of para-hydroxylation sites is 1. The van der Waals surface area contributed by atoms with Crippen LogP contribution >= 0.6 is 23.2 Å². The van der Waals surface area contributed by atoms with Crippen LogP contribution in [0.15, 0.2) is 53.6 Å². The summed E-state index contributed by atoms with van der Waals surface area (Å²) in [6.45, 7) is 0.217. The molecule has 160 valence electrons. The normalized spacial score (nSPS) is 15.4. The zero-order chi connectivity index (χ0) is 22.3. The van der Waals surface area contributed by atoms with Crippen LogP contribution in [0.2, 0.25) is 10.0 Å². The lowest BCUT2D eigenvalue weighted by Gasteiger charge is -2.35. The number of hydrogen-bond acceptors (Lipinski definition) is 6. The van der Waals surface area contributed by atoms with Crippen LogP contribution < -0.4 is 20.3 Å². The van der Waals surface area contributed by atoms with Gasteiger partial charge in [-0.05, 0) is 42.3 Å². The third-order valence-corrected chi connectivity index (χ3v) is 6.36. The van der Waals surface area contributed by atoms with Gasteiger partial charge in [0.15, 0.2) is 0 Å². The number of nitrogens with zero attached hydrogens (tertiary/aromatic N) is 4. The summed E-state index contributed by atoms with van der Waals surface area (Å²) in [7, 11) is -0.973. The van der Waals surface area contributed by atoms with Crippen LogP contribution in [-0.4, -0.2) is 39.7 Å². The molecule has 1 amide bonds. The Morgan fingerprint density at radius 2 is 1.81 bits per heavy atom. The molecule has 2 heterocycles. The highest BCUT2D eigenvalue weighted by Crippen LogP contribution is 2.37. The second kappa shape index (κ2) is 8.01. The quantitative estimate of drug-likeness (QED) is 0.558. The summed E-state index contributed by atoms with van der Waals surface area (Å²) in [6, 6.07) is 11.7. The third-order valence-electron chi connectivity index (χ3n) is 4.68. The van der Waals surface area contributed by atoms with Gasteiger partial charge in [0.2, 0.25) is 5.95 Å². The molecule has 0 spiro atoms. The number of nitrogens with one attached hydrogen (secondary N) is 1. The lowest BCUT2D eigenvalue weighted by Crippen LogP contribution is -2.46. The molecule has 1 aliphatic heterocycles. The van der Waals surface area contributed by atoms with E-state index in [-0.39, 0.29) is 12.6 Å². The van der Waals surface area contributed by atoms with Crippen LogP contribution in [0.3, 0.4) is 0 Å². The molecule has 0 bridgehead atoms. The molecule has 0 radical (unpaired) electrons. The molecule has 4 rings (SSSR count). The first-order valence-corrected chi connectivity index (χ1v) is 11.6. The molecule has 3 aromatic rings. The molecule has 0 aliphatic carbocycles. The van der Waals surface area contributed by atoms with Crippen molar-refractivity contribution in [1.29, 1.82) is 0 Å². The highest BCUT2D eigenvalue weighted by atomic mass is 35.5. The number of nitrogens with two attached hydrogens (primary N) is 1. The van der Waals surface area contributed by atoms with Gasteiger partial charge in [-0.2, -0.15) is 4.98 Å². The number of halogens is 2. The van der Waals surface area contributed by atoms with Crippen molar-refractivity contribution in [2.24, 2.45) is 5.14 Å². The largest absolute Gasteiger partial charge is 0.341 e. The van der Waals surface area contributed by atoms with Crippen molar-refractivity contribution in [3.63, 3.8) is 0 Å². The number of fused-ring (bicyclic) bond motifs is 1. The highest BCUT2D eigenvalue weighted by molar-refractivity contribution is 7.98. The molecular formula is C20H18Cl2N6O2S. The number of amides is 1. The van der Waals surface area contributed by atoms with E-state index >= 15 is 0 Å². The van der Waals surface area contributed by atoms with Crippen molar-refractivity contribution < 1.29 is 9.00 Å². The Bertz CT molecular complexity index is 1260. The van der Waals surface area contributed by atoms with E-state index in [0.717, 1.165) is 0 Å². The molecule has 1 atom stereocenters. The van der Waals surface area contributed by atoms with Crippen molar-refractivity contribution in [3.8, 4) is 0 Å². The van der Waals surface area contributed by atoms with E-state index < -0.39 is 9.71 Å². The summed E-state index contributed by atoms with van der Waals surface area (Å²) >= 11 is 12.6. The Hall–Kier alpha value is -2.85. The average molecular weight is 477 g/mol. The zero-order valence-electron chi connectivity index (χ0n) is 16.4. The standard InChI is InChI=1S/C20H18Cl2N6O2S/c1-27-11-28(17-15(21)4-3-5-16(17)22)19(29)14-10-24-20(26-18(14)27)25-12-6-8-13(9-7-12)31(2,23)30/h3-10H,2,11H2,1H3,(H2,23,30)(H,24,25,26). The minimum Gasteiger partial charge on any atom is -0.341 e. The fourth-order valence-electron chi connectivity index (χ4n) is 3.18. The van der Waals surface area contributed by atoms with Crippen molar-refractivity contribution in [2.75, 3.05) is 28.8 Å². The maximum absolute atomic E-state index is 13.1. The highest BCUT2D eigenvalue weighted by Gasteiger charge is 2.32. The first-order chi connectivity index (χ1) is 14.6. The summed E-state index contributed by atoms with van der Waals surface area (Å²) in [5.41, 5.74) is 1.43. The second-order valence-corrected chi connectivity index (χ2v) is 9.69. The Labute approximate surface area is 189 Å². The molecule has 2 aromatic carbocycles. The van der Waals surface area contributed by atoms with Crippen LogP contribution in [-0.2, 0) is 9.71 Å². The number of carbonyl (C=O) groups excluding carboxylic acids is 1. The third kappa shape index (κ3) is 4.17. The van der Waals surface area contributed by atoms with Crippen LogP contribution in [0.1, 0.15) is 10.4 Å². The number of hydrogen-bond donors (Lipinski definition) is 2. The van der Waals surface area contributed by atoms with Crippen LogP contribution in [0.5, 0.6) is 0 Å². The molecule has 0 fully saturated rings. The van der Waals surface area contributed by atoms with Crippen LogP contribution in [0.4, 0.5) is 23.1 Å². The van der Waals surface area contributed by atoms with Gasteiger partial charge in [0.1, 0.15) is 11.4 Å². The predicted octanol–water partition coefficient (Wildman–Crippen LogP) is 3.53. The van der Waals surface area contributed by atoms with Crippen molar-refractivity contribution in [3.05, 3.63) is 64.3 Å². The Morgan fingerprint density at radius 3 is 2.42 bits per heavy atom. The Kier molecular flexibility index (Phi) is 5.52. The first kappa shape index (κ1) is 21.4. The Balaban J connectivity index is 1.63. The summed E-state index contributed by atoms with van der Waals surface area (Å²) in [4.78, 5) is 25.6. The number of carbonyl (C=O) groups is 1. The first-order valence-electron chi connectivity index (χ1n) is 9.01. The van der Waals surface area contributed by atoms with E-state index in [9.17, 15) is 9.00 Å². The molecule has 1 unspecified atom stereocenters. The average Bonchev–Trinajstić information content (AvgIpc) is 2.71. The SMILES string of the molecule is C=S(N)(=O)c1ccc(Nc2ncc3c(n2)N(C)CN(c2c(Cl)cccc2Cl)C3=O)cc1. The molecule has 0 saturated heterocycles. The van der Waals surface area contributed by atoms with Crippen LogP contribution in [0.25, 0.3) is 0 Å². The molecule has 0 saturated carbocycles. The van der Waals surface area contributed by atoms with Gasteiger partial charge in [0, 0.05) is 23.8 Å². The number of anilines is 4. The lowest BCUT2D eigenvalue weighted by molar-refractivity contribution is 0.0982. The fourth-order valence-corrected chi connectivity index (χ4v) is 4.38. The summed E-state index contributed by atoms with van der Waals surface area (Å²) in [5.74, 6) is 3.94. The summed E-state index contributed by atoms with van der Waals surface area (Å²) < 4.78 is 11.8. The monoisotopic (exact) mass is 476 g/mol. The maximum atomic E-state index is 13.1. The topological polar surface area (TPSA) is 104 Å². The van der Waals surface area contributed by atoms with E-state index in [1.54, 1.807) is 54.4 Å². The molecule has 1 aromatic heterocycles. The summed E-state index contributed by atoms with van der Waals surface area (Å²) in [5, 5.41) is 9.37. The zero-order valence-corrected chi connectivity index (χ0v) is 18.7. The predicted molar refractivity (Wildman–Crippen MR) is 126 cm³/mol. The number of aromatic nitrogens is 2. The van der Waals surface area contributed by atoms with Gasteiger partial charge in [-0.15, -0.1) is 0 Å². The number of benzene rings is 2. The number of rotatable bonds is 4. The van der Waals surface area contributed by atoms with Gasteiger partial charge >= 0.3 is 0 Å². The van der Waals surface area contributed by atoms with E-state index in [0.29, 0.717) is 43.6 Å². The molecule has 11 heteroatoms. The van der Waals surface area contributed by atoms with Crippen molar-refractivity contribution in [2.45, 2.75) is 4.90 Å². The lowest BCUT2D eigenvalue weighted by atomic mass is 10.2. The molecular weight excluding hydrogens is 459 g/mol. The minimum atomic E-state index is -2.78. The van der Waals surface area contributed by atoms with E-state index in [1.807, 2.05) is 0 Å². The van der Waals surface area contributed by atoms with E-state index in [4.69, 9.17) is 28.3 Å². The van der Waals surface area contributed by atoms with E-state index in [1.165, 1.54) is 11.1 Å². The van der Waals surface area contributed by atoms with Gasteiger partial charge in [-0.1, -0.05) is 29.3 Å². The van der Waals surface area contributed by atoms with Gasteiger partial charge in [0.25, 0.3) is 5.91 Å². The molecule has 3 N–H and O–H groups in total. The Morgan fingerprint density at radius 1 is 1.16 bits per heavy atom. The van der Waals surface area contributed by atoms with Crippen molar-refractivity contribution in [1.82, 2.24) is 9.97 Å². The molecule has 31 heavy (non-hydrogen) atoms. The smallest absolute Gasteiger partial charge is 0.265 e. The van der Waals surface area contributed by atoms with Crippen molar-refractivity contribution >= 4 is 67.8 Å². The van der Waals surface area contributed by atoms with Gasteiger partial charge < -0.3 is 10.2 Å². The fraction of sp³-hybridized carbons (Fsp3) is 0.100. The second-order valence-electron chi connectivity index (χ2n) is 6.95. The van der Waals surface area contributed by atoms with Crippen LogP contribution in [0, 0.1) is 0 Å². The molecule has 8 nitrogen and oxygen atoms in total. The van der Waals surface area contributed by atoms with Gasteiger partial charge in [-0.3, -0.25) is 14.8 Å². The van der Waals surface area contributed by atoms with Gasteiger partial charge in [0.05, 0.1) is 32.1 Å². The minimum absolute atomic E-state index is 0.217. The molecule has 1 aliphatic rings. The van der Waals surface area contributed by atoms with E-state index in [2.05, 4.69) is 21.2 Å².